The van der Waals surface area contributed by atoms with Crippen molar-refractivity contribution in [2.24, 2.45) is 0 Å². The van der Waals surface area contributed by atoms with Crippen molar-refractivity contribution in [3.05, 3.63) is 0 Å². The molecule has 0 rings (SSSR count). The normalized spacial score (nSPS) is 13.8. The summed E-state index contributed by atoms with van der Waals surface area (Å²) in [6, 6.07) is -0.795. The minimum absolute atomic E-state index is 0.0166. The Kier molecular flexibility index (Phi) is 50.1. The molecule has 0 aliphatic heterocycles. The fraction of sp³-hybridized carbons (Fsp3) is 0.983. The summed E-state index contributed by atoms with van der Waals surface area (Å²) in [5.74, 6) is -0.156. The van der Waals surface area contributed by atoms with Crippen LogP contribution in [0.2, 0.25) is 0 Å². The van der Waals surface area contributed by atoms with Crippen LogP contribution in [0.4, 0.5) is 0 Å². The van der Waals surface area contributed by atoms with Crippen molar-refractivity contribution in [1.82, 2.24) is 5.32 Å². The molecule has 0 fully saturated rings. The van der Waals surface area contributed by atoms with Gasteiger partial charge in [0.25, 0.3) is 7.82 Å². The fourth-order valence-corrected chi connectivity index (χ4v) is 10.1. The summed E-state index contributed by atoms with van der Waals surface area (Å²) < 4.78 is 23.4. The Morgan fingerprint density at radius 1 is 0.463 bits per heavy atom. The molecule has 0 aliphatic carbocycles. The molecule has 0 aromatic carbocycles. The van der Waals surface area contributed by atoms with Gasteiger partial charge in [-0.2, -0.15) is 0 Å². The molecular formula is C58H119N2O6P. The molecule has 0 aliphatic rings. The molecule has 3 atom stereocenters. The first-order valence-electron chi connectivity index (χ1n) is 29.9. The average molecular weight is 972 g/mol. The molecule has 0 aromatic rings. The van der Waals surface area contributed by atoms with Gasteiger partial charge in [-0.3, -0.25) is 9.36 Å². The number of phosphoric ester groups is 1. The summed E-state index contributed by atoms with van der Waals surface area (Å²) >= 11 is 0. The van der Waals surface area contributed by atoms with Crippen LogP contribution in [0.25, 0.3) is 0 Å². The molecule has 402 valence electrons. The Hall–Kier alpha value is -0.500. The molecule has 9 heteroatoms. The Bertz CT molecular complexity index is 1060. The van der Waals surface area contributed by atoms with Gasteiger partial charge in [-0.15, -0.1) is 0 Å². The second-order valence-corrected chi connectivity index (χ2v) is 23.5. The number of carbonyl (C=O) groups is 1. The maximum absolute atomic E-state index is 13.0. The van der Waals surface area contributed by atoms with E-state index >= 15 is 0 Å². The van der Waals surface area contributed by atoms with E-state index in [9.17, 15) is 19.4 Å². The molecule has 0 radical (unpaired) electrons. The highest BCUT2D eigenvalue weighted by molar-refractivity contribution is 7.45. The highest BCUT2D eigenvalue weighted by Gasteiger charge is 2.24. The van der Waals surface area contributed by atoms with Gasteiger partial charge in [0.05, 0.1) is 39.9 Å². The number of nitrogens with zero attached hydrogens (tertiary/aromatic N) is 1. The molecular weight excluding hydrogens is 852 g/mol. The van der Waals surface area contributed by atoms with E-state index in [1.165, 1.54) is 250 Å². The van der Waals surface area contributed by atoms with Crippen LogP contribution in [-0.2, 0) is 18.4 Å². The van der Waals surface area contributed by atoms with Crippen molar-refractivity contribution in [3.63, 3.8) is 0 Å². The molecule has 0 aromatic heterocycles. The van der Waals surface area contributed by atoms with E-state index in [-0.39, 0.29) is 19.1 Å². The predicted octanol–water partition coefficient (Wildman–Crippen LogP) is 17.4. The highest BCUT2D eigenvalue weighted by atomic mass is 31.2. The number of hydrogen-bond acceptors (Lipinski definition) is 6. The van der Waals surface area contributed by atoms with E-state index in [4.69, 9.17) is 9.05 Å². The molecule has 0 bridgehead atoms. The van der Waals surface area contributed by atoms with E-state index in [0.717, 1.165) is 38.5 Å². The van der Waals surface area contributed by atoms with Crippen molar-refractivity contribution in [1.29, 1.82) is 0 Å². The van der Waals surface area contributed by atoms with Crippen molar-refractivity contribution in [2.75, 3.05) is 40.9 Å². The second-order valence-electron chi connectivity index (χ2n) is 22.1. The third-order valence-electron chi connectivity index (χ3n) is 14.1. The van der Waals surface area contributed by atoms with Gasteiger partial charge in [-0.1, -0.05) is 296 Å². The first kappa shape index (κ1) is 66.5. The van der Waals surface area contributed by atoms with Gasteiger partial charge in [0, 0.05) is 6.42 Å². The summed E-state index contributed by atoms with van der Waals surface area (Å²) in [6.45, 7) is 4.78. The molecule has 0 saturated carbocycles. The lowest BCUT2D eigenvalue weighted by Crippen LogP contribution is -2.46. The summed E-state index contributed by atoms with van der Waals surface area (Å²) in [5.41, 5.74) is 0. The van der Waals surface area contributed by atoms with Gasteiger partial charge >= 0.3 is 0 Å². The summed E-state index contributed by atoms with van der Waals surface area (Å²) in [4.78, 5) is 25.5. The molecule has 0 spiro atoms. The number of carbonyl (C=O) groups excluding carboxylic acids is 1. The minimum atomic E-state index is -4.57. The third kappa shape index (κ3) is 53.1. The van der Waals surface area contributed by atoms with E-state index in [1.807, 2.05) is 21.1 Å². The highest BCUT2D eigenvalue weighted by Crippen LogP contribution is 2.38. The lowest BCUT2D eigenvalue weighted by Gasteiger charge is -2.30. The van der Waals surface area contributed by atoms with Crippen molar-refractivity contribution >= 4 is 13.7 Å². The number of aliphatic hydroxyl groups is 1. The number of quaternary nitrogens is 1. The number of phosphoric acid groups is 1. The Morgan fingerprint density at radius 3 is 1.01 bits per heavy atom. The van der Waals surface area contributed by atoms with Gasteiger partial charge in [0.1, 0.15) is 13.2 Å². The van der Waals surface area contributed by atoms with Crippen LogP contribution in [0.3, 0.4) is 0 Å². The standard InChI is InChI=1S/C58H119N2O6P/c1-6-8-10-12-14-16-18-20-22-24-25-26-27-28-29-30-31-32-33-34-35-36-38-40-42-44-46-48-50-52-58(62)59-56(55-66-67(63,64)65-54-53-60(3,4)5)57(61)51-49-47-45-43-41-39-37-23-21-19-17-15-13-11-9-7-2/h56-57,61H,6-55H2,1-5H3,(H-,59,62,63,64). The van der Waals surface area contributed by atoms with Gasteiger partial charge in [-0.05, 0) is 12.8 Å². The first-order chi connectivity index (χ1) is 32.5. The van der Waals surface area contributed by atoms with Gasteiger partial charge in [0.15, 0.2) is 0 Å². The molecule has 0 saturated heterocycles. The maximum Gasteiger partial charge on any atom is 0.268 e. The average Bonchev–Trinajstić information content (AvgIpc) is 3.29. The number of aliphatic hydroxyl groups excluding tert-OH is 1. The predicted molar refractivity (Wildman–Crippen MR) is 289 cm³/mol. The number of likely N-dealkylation sites (N-methyl/N-ethyl adjacent to an activating group) is 1. The minimum Gasteiger partial charge on any atom is -0.756 e. The van der Waals surface area contributed by atoms with Gasteiger partial charge in [-0.25, -0.2) is 0 Å². The van der Waals surface area contributed by atoms with Gasteiger partial charge in [0.2, 0.25) is 5.91 Å². The van der Waals surface area contributed by atoms with Crippen LogP contribution < -0.4 is 10.2 Å². The number of unbranched alkanes of at least 4 members (excludes halogenated alkanes) is 43. The van der Waals surface area contributed by atoms with E-state index in [0.29, 0.717) is 23.9 Å². The lowest BCUT2D eigenvalue weighted by atomic mass is 10.0. The van der Waals surface area contributed by atoms with Crippen LogP contribution >= 0.6 is 7.82 Å². The van der Waals surface area contributed by atoms with Crippen LogP contribution in [0.1, 0.15) is 316 Å². The number of rotatable bonds is 56. The summed E-state index contributed by atoms with van der Waals surface area (Å²) in [7, 11) is 1.33. The summed E-state index contributed by atoms with van der Waals surface area (Å²) in [5, 5.41) is 14.0. The number of amides is 1. The quantitative estimate of drug-likeness (QED) is 0.0357. The molecule has 67 heavy (non-hydrogen) atoms. The van der Waals surface area contributed by atoms with Crippen LogP contribution in [-0.4, -0.2) is 68.5 Å². The monoisotopic (exact) mass is 971 g/mol. The number of hydrogen-bond donors (Lipinski definition) is 2. The Labute approximate surface area is 419 Å². The van der Waals surface area contributed by atoms with Gasteiger partial charge < -0.3 is 28.8 Å². The number of nitrogens with one attached hydrogen (secondary N) is 1. The molecule has 8 nitrogen and oxygen atoms in total. The summed E-state index contributed by atoms with van der Waals surface area (Å²) in [6.07, 6.45) is 60.0. The zero-order valence-electron chi connectivity index (χ0n) is 45.9. The molecule has 0 heterocycles. The van der Waals surface area contributed by atoms with Crippen molar-refractivity contribution in [3.8, 4) is 0 Å². The van der Waals surface area contributed by atoms with Crippen LogP contribution in [0.5, 0.6) is 0 Å². The molecule has 2 N–H and O–H groups in total. The van der Waals surface area contributed by atoms with Crippen molar-refractivity contribution in [2.45, 2.75) is 328 Å². The van der Waals surface area contributed by atoms with E-state index < -0.39 is 20.0 Å². The fourth-order valence-electron chi connectivity index (χ4n) is 9.40. The second kappa shape index (κ2) is 50.4. The molecule has 3 unspecified atom stereocenters. The largest absolute Gasteiger partial charge is 0.756 e. The third-order valence-corrected chi connectivity index (χ3v) is 15.1. The lowest BCUT2D eigenvalue weighted by molar-refractivity contribution is -0.870. The smallest absolute Gasteiger partial charge is 0.268 e. The topological polar surface area (TPSA) is 108 Å². The molecule has 1 amide bonds. The zero-order valence-corrected chi connectivity index (χ0v) is 46.8. The first-order valence-corrected chi connectivity index (χ1v) is 31.3. The maximum atomic E-state index is 13.0. The van der Waals surface area contributed by atoms with E-state index in [1.54, 1.807) is 0 Å². The SMILES string of the molecule is CCCCCCCCCCCCCCCCCCCCCCCCCCCCCCCC(=O)NC(COP(=O)([O-])OCC[N+](C)(C)C)C(O)CCCCCCCCCCCCCCCCCC. The van der Waals surface area contributed by atoms with E-state index in [2.05, 4.69) is 19.2 Å². The van der Waals surface area contributed by atoms with Crippen LogP contribution in [0.15, 0.2) is 0 Å². The van der Waals surface area contributed by atoms with Crippen LogP contribution in [0, 0.1) is 0 Å². The Morgan fingerprint density at radius 2 is 0.731 bits per heavy atom. The van der Waals surface area contributed by atoms with Crippen molar-refractivity contribution < 1.29 is 32.9 Å². The zero-order chi connectivity index (χ0) is 49.2. The Balaban J connectivity index is 4.02.